The molecule has 138 valence electrons. The van der Waals surface area contributed by atoms with E-state index in [1.54, 1.807) is 0 Å². The number of methoxy groups -OCH3 is 1. The normalized spacial score (nSPS) is 45.7. The van der Waals surface area contributed by atoms with Gasteiger partial charge in [-0.2, -0.15) is 0 Å². The van der Waals surface area contributed by atoms with Crippen molar-refractivity contribution in [1.82, 2.24) is 0 Å². The van der Waals surface area contributed by atoms with Crippen molar-refractivity contribution in [2.24, 2.45) is 28.6 Å². The first-order valence-corrected chi connectivity index (χ1v) is 9.86. The van der Waals surface area contributed by atoms with Crippen molar-refractivity contribution in [2.75, 3.05) is 7.11 Å². The molecule has 3 saturated carbocycles. The van der Waals surface area contributed by atoms with Crippen LogP contribution in [-0.2, 0) is 14.3 Å². The fourth-order valence-corrected chi connectivity index (χ4v) is 6.68. The van der Waals surface area contributed by atoms with Gasteiger partial charge in [0.15, 0.2) is 0 Å². The summed E-state index contributed by atoms with van der Waals surface area (Å²) in [6.45, 7) is 4.65. The maximum Gasteiger partial charge on any atom is 0.508 e. The zero-order valence-corrected chi connectivity index (χ0v) is 15.7. The number of ketones is 1. The number of rotatable bonds is 1. The van der Waals surface area contributed by atoms with E-state index < -0.39 is 6.16 Å². The topological polar surface area (TPSA) is 52.6 Å². The third-order valence-corrected chi connectivity index (χ3v) is 8.20. The number of Topliss-reactive ketones (excluding diaryl/α,β-unsaturated/α-hetero) is 1. The number of carbonyl (C=O) groups excluding carboxylic acids is 2. The molecule has 0 radical (unpaired) electrons. The third-order valence-electron chi connectivity index (χ3n) is 8.20. The first-order valence-electron chi connectivity index (χ1n) is 9.86. The van der Waals surface area contributed by atoms with Gasteiger partial charge in [-0.3, -0.25) is 4.79 Å². The average Bonchev–Trinajstić information content (AvgIpc) is 2.90. The molecule has 25 heavy (non-hydrogen) atoms. The van der Waals surface area contributed by atoms with Crippen molar-refractivity contribution in [3.63, 3.8) is 0 Å². The van der Waals surface area contributed by atoms with Crippen LogP contribution < -0.4 is 0 Å². The Morgan fingerprint density at radius 2 is 1.84 bits per heavy atom. The predicted octanol–water partition coefficient (Wildman–Crippen LogP) is 4.67. The molecule has 4 aliphatic carbocycles. The van der Waals surface area contributed by atoms with Crippen LogP contribution in [0.3, 0.4) is 0 Å². The van der Waals surface area contributed by atoms with E-state index in [1.807, 2.05) is 0 Å². The van der Waals surface area contributed by atoms with E-state index in [4.69, 9.17) is 4.74 Å². The summed E-state index contributed by atoms with van der Waals surface area (Å²) >= 11 is 0. The van der Waals surface area contributed by atoms with Crippen molar-refractivity contribution in [1.29, 1.82) is 0 Å². The lowest BCUT2D eigenvalue weighted by molar-refractivity contribution is -0.132. The standard InChI is InChI=1S/C21H30O4/c1-20-10-8-14(25-19(23)24-3)12-13(20)4-5-15-16-6-7-18(22)21(16,2)11-9-17(15)20/h4,14-17H,5-12H2,1-3H3/t14-,15-,16-,17-,20-,21-/m0/s1. The van der Waals surface area contributed by atoms with Gasteiger partial charge in [-0.25, -0.2) is 4.79 Å². The molecule has 4 aliphatic rings. The molecule has 0 saturated heterocycles. The smallest absolute Gasteiger partial charge is 0.438 e. The number of hydrogen-bond acceptors (Lipinski definition) is 4. The summed E-state index contributed by atoms with van der Waals surface area (Å²) in [4.78, 5) is 23.9. The molecule has 6 atom stereocenters. The Kier molecular flexibility index (Phi) is 4.01. The van der Waals surface area contributed by atoms with Crippen LogP contribution in [0.2, 0.25) is 0 Å². The summed E-state index contributed by atoms with van der Waals surface area (Å²) < 4.78 is 10.1. The largest absolute Gasteiger partial charge is 0.508 e. The molecular weight excluding hydrogens is 316 g/mol. The second-order valence-corrected chi connectivity index (χ2v) is 9.11. The molecule has 0 amide bonds. The zero-order chi connectivity index (χ0) is 17.8. The van der Waals surface area contributed by atoms with Crippen LogP contribution in [-0.4, -0.2) is 25.2 Å². The molecule has 0 aliphatic heterocycles. The van der Waals surface area contributed by atoms with Gasteiger partial charge >= 0.3 is 6.16 Å². The molecule has 0 bridgehead atoms. The van der Waals surface area contributed by atoms with Gasteiger partial charge in [0, 0.05) is 18.3 Å². The SMILES string of the molecule is COC(=O)O[C@H]1CC[C@@]2(C)C(=CC[C@@H]3[C@@H]2CC[C@]2(C)C(=O)CC[C@@H]32)C1. The summed E-state index contributed by atoms with van der Waals surface area (Å²) in [5.74, 6) is 2.40. The minimum Gasteiger partial charge on any atom is -0.438 e. The van der Waals surface area contributed by atoms with Crippen LogP contribution in [0.1, 0.15) is 65.2 Å². The first kappa shape index (κ1) is 17.1. The second kappa shape index (κ2) is 5.85. The molecule has 0 aromatic heterocycles. The first-order chi connectivity index (χ1) is 11.9. The Morgan fingerprint density at radius 1 is 1.12 bits per heavy atom. The molecule has 0 aromatic carbocycles. The molecule has 0 spiro atoms. The highest BCUT2D eigenvalue weighted by atomic mass is 16.7. The number of ether oxygens (including phenoxy) is 2. The van der Waals surface area contributed by atoms with E-state index >= 15 is 0 Å². The Hall–Kier alpha value is -1.32. The van der Waals surface area contributed by atoms with Gasteiger partial charge in [-0.05, 0) is 61.7 Å². The zero-order valence-electron chi connectivity index (χ0n) is 15.7. The van der Waals surface area contributed by atoms with Crippen LogP contribution >= 0.6 is 0 Å². The van der Waals surface area contributed by atoms with Gasteiger partial charge in [0.2, 0.25) is 0 Å². The number of allylic oxidation sites excluding steroid dienone is 1. The van der Waals surface area contributed by atoms with E-state index in [9.17, 15) is 9.59 Å². The fraction of sp³-hybridized carbons (Fsp3) is 0.810. The van der Waals surface area contributed by atoms with E-state index in [-0.39, 0.29) is 16.9 Å². The predicted molar refractivity (Wildman–Crippen MR) is 94.0 cm³/mol. The van der Waals surface area contributed by atoms with Crippen LogP contribution in [0.25, 0.3) is 0 Å². The highest BCUT2D eigenvalue weighted by Crippen LogP contribution is 2.64. The fourth-order valence-electron chi connectivity index (χ4n) is 6.68. The highest BCUT2D eigenvalue weighted by molar-refractivity contribution is 5.87. The van der Waals surface area contributed by atoms with Crippen LogP contribution in [0.15, 0.2) is 11.6 Å². The van der Waals surface area contributed by atoms with Crippen molar-refractivity contribution in [2.45, 2.75) is 71.3 Å². The van der Waals surface area contributed by atoms with Crippen molar-refractivity contribution >= 4 is 11.9 Å². The lowest BCUT2D eigenvalue weighted by atomic mass is 9.48. The molecule has 4 heteroatoms. The van der Waals surface area contributed by atoms with Crippen molar-refractivity contribution in [3.8, 4) is 0 Å². The molecule has 4 rings (SSSR count). The van der Waals surface area contributed by atoms with Gasteiger partial charge < -0.3 is 9.47 Å². The quantitative estimate of drug-likeness (QED) is 0.511. The molecule has 0 N–H and O–H groups in total. The lowest BCUT2D eigenvalue weighted by Crippen LogP contribution is -2.50. The van der Waals surface area contributed by atoms with Crippen LogP contribution in [0, 0.1) is 28.6 Å². The Morgan fingerprint density at radius 3 is 2.60 bits per heavy atom. The molecule has 0 unspecified atom stereocenters. The van der Waals surface area contributed by atoms with E-state index in [1.165, 1.54) is 19.1 Å². The molecule has 4 nitrogen and oxygen atoms in total. The van der Waals surface area contributed by atoms with Gasteiger partial charge in [0.05, 0.1) is 7.11 Å². The van der Waals surface area contributed by atoms with E-state index in [0.717, 1.165) is 44.9 Å². The molecule has 0 aromatic rings. The van der Waals surface area contributed by atoms with E-state index in [2.05, 4.69) is 24.7 Å². The Labute approximate surface area is 150 Å². The average molecular weight is 346 g/mol. The summed E-state index contributed by atoms with van der Waals surface area (Å²) in [6, 6.07) is 0. The number of carbonyl (C=O) groups is 2. The summed E-state index contributed by atoms with van der Waals surface area (Å²) in [5.41, 5.74) is 1.63. The van der Waals surface area contributed by atoms with Crippen molar-refractivity contribution < 1.29 is 19.1 Å². The molecule has 3 fully saturated rings. The molecule has 0 heterocycles. The maximum atomic E-state index is 12.5. The molecular formula is C21H30O4. The van der Waals surface area contributed by atoms with Crippen LogP contribution in [0.5, 0.6) is 0 Å². The lowest BCUT2D eigenvalue weighted by Gasteiger charge is -2.56. The van der Waals surface area contributed by atoms with Crippen LogP contribution in [0.4, 0.5) is 4.79 Å². The monoisotopic (exact) mass is 346 g/mol. The number of hydrogen-bond donors (Lipinski definition) is 0. The Balaban J connectivity index is 1.56. The summed E-state index contributed by atoms with van der Waals surface area (Å²) in [7, 11) is 1.36. The van der Waals surface area contributed by atoms with Gasteiger partial charge in [0.25, 0.3) is 0 Å². The maximum absolute atomic E-state index is 12.5. The van der Waals surface area contributed by atoms with Gasteiger partial charge in [-0.15, -0.1) is 0 Å². The van der Waals surface area contributed by atoms with Gasteiger partial charge in [0.1, 0.15) is 11.9 Å². The summed E-state index contributed by atoms with van der Waals surface area (Å²) in [6.07, 6.45) is 9.81. The van der Waals surface area contributed by atoms with Gasteiger partial charge in [-0.1, -0.05) is 25.5 Å². The number of fused-ring (bicyclic) bond motifs is 5. The minimum absolute atomic E-state index is 0.0507. The third kappa shape index (κ3) is 2.47. The van der Waals surface area contributed by atoms with Crippen molar-refractivity contribution in [3.05, 3.63) is 11.6 Å². The van der Waals surface area contributed by atoms with E-state index in [0.29, 0.717) is 23.5 Å². The second-order valence-electron chi connectivity index (χ2n) is 9.11. The Bertz CT molecular complexity index is 623. The highest BCUT2D eigenvalue weighted by Gasteiger charge is 2.58. The minimum atomic E-state index is -0.569. The summed E-state index contributed by atoms with van der Waals surface area (Å²) in [5, 5.41) is 0.